The van der Waals surface area contributed by atoms with Gasteiger partial charge in [0.15, 0.2) is 0 Å². The molecule has 5 nitrogen and oxygen atoms in total. The highest BCUT2D eigenvalue weighted by atomic mass is 16.5. The van der Waals surface area contributed by atoms with Crippen molar-refractivity contribution >= 4 is 5.91 Å². The van der Waals surface area contributed by atoms with Crippen LogP contribution in [0.2, 0.25) is 0 Å². The number of amides is 1. The van der Waals surface area contributed by atoms with Gasteiger partial charge in [-0.25, -0.2) is 5.84 Å². The van der Waals surface area contributed by atoms with E-state index in [2.05, 4.69) is 24.2 Å². The van der Waals surface area contributed by atoms with E-state index in [0.29, 0.717) is 12.1 Å². The number of hydrazine groups is 1. The van der Waals surface area contributed by atoms with Gasteiger partial charge in [0.05, 0.1) is 12.0 Å². The number of hydrogen-bond acceptors (Lipinski definition) is 4. The zero-order valence-electron chi connectivity index (χ0n) is 11.3. The van der Waals surface area contributed by atoms with Crippen molar-refractivity contribution < 1.29 is 9.53 Å². The van der Waals surface area contributed by atoms with Crippen molar-refractivity contribution in [3.05, 3.63) is 0 Å². The Kier molecular flexibility index (Phi) is 5.36. The summed E-state index contributed by atoms with van der Waals surface area (Å²) >= 11 is 0. The van der Waals surface area contributed by atoms with Crippen molar-refractivity contribution in [1.29, 1.82) is 0 Å². The van der Waals surface area contributed by atoms with Gasteiger partial charge in [0.1, 0.15) is 0 Å². The lowest BCUT2D eigenvalue weighted by Gasteiger charge is -2.42. The van der Waals surface area contributed by atoms with Gasteiger partial charge in [-0.05, 0) is 26.7 Å². The van der Waals surface area contributed by atoms with E-state index < -0.39 is 0 Å². The van der Waals surface area contributed by atoms with E-state index in [1.165, 1.54) is 0 Å². The molecule has 1 heterocycles. The summed E-state index contributed by atoms with van der Waals surface area (Å²) in [5.74, 6) is 4.99. The maximum Gasteiger partial charge on any atom is 0.238 e. The standard InChI is InChI=1S/C12H25N3O2/c1-8-7-11(17-4)5-6-15(8)10(3)9(2)12(16)14-13/h8-11H,5-7,13H2,1-4H3,(H,14,16). The first-order valence-corrected chi connectivity index (χ1v) is 6.30. The average Bonchev–Trinajstić information content (AvgIpc) is 2.35. The molecule has 3 N–H and O–H groups in total. The lowest BCUT2D eigenvalue weighted by Crippen LogP contribution is -2.52. The molecule has 1 aliphatic rings. The molecule has 1 fully saturated rings. The predicted octanol–water partition coefficient (Wildman–Crippen LogP) is 0.500. The first-order valence-electron chi connectivity index (χ1n) is 6.30. The molecule has 17 heavy (non-hydrogen) atoms. The van der Waals surface area contributed by atoms with E-state index in [0.717, 1.165) is 19.4 Å². The van der Waals surface area contributed by atoms with Crippen LogP contribution in [0.4, 0.5) is 0 Å². The Morgan fingerprint density at radius 1 is 1.53 bits per heavy atom. The first kappa shape index (κ1) is 14.4. The minimum Gasteiger partial charge on any atom is -0.381 e. The van der Waals surface area contributed by atoms with E-state index in [4.69, 9.17) is 10.6 Å². The first-order chi connectivity index (χ1) is 8.01. The molecule has 0 aromatic rings. The number of nitrogens with one attached hydrogen (secondary N) is 1. The molecule has 5 heteroatoms. The molecule has 1 amide bonds. The number of hydrogen-bond donors (Lipinski definition) is 2. The Morgan fingerprint density at radius 3 is 2.65 bits per heavy atom. The number of likely N-dealkylation sites (tertiary alicyclic amines) is 1. The van der Waals surface area contributed by atoms with Crippen LogP contribution in [-0.2, 0) is 9.53 Å². The molecule has 1 aliphatic heterocycles. The topological polar surface area (TPSA) is 67.6 Å². The third-order valence-corrected chi connectivity index (χ3v) is 4.02. The maximum absolute atomic E-state index is 11.5. The van der Waals surface area contributed by atoms with Crippen LogP contribution in [0, 0.1) is 5.92 Å². The monoisotopic (exact) mass is 243 g/mol. The van der Waals surface area contributed by atoms with Crippen molar-refractivity contribution in [3.8, 4) is 0 Å². The molecule has 1 rings (SSSR count). The molecule has 0 saturated carbocycles. The zero-order valence-corrected chi connectivity index (χ0v) is 11.3. The number of piperidine rings is 1. The van der Waals surface area contributed by atoms with Gasteiger partial charge < -0.3 is 4.74 Å². The fraction of sp³-hybridized carbons (Fsp3) is 0.917. The largest absolute Gasteiger partial charge is 0.381 e. The Bertz CT molecular complexity index is 260. The molecule has 0 radical (unpaired) electrons. The van der Waals surface area contributed by atoms with Crippen molar-refractivity contribution in [2.24, 2.45) is 11.8 Å². The third kappa shape index (κ3) is 3.40. The molecule has 4 unspecified atom stereocenters. The van der Waals surface area contributed by atoms with E-state index >= 15 is 0 Å². The van der Waals surface area contributed by atoms with Crippen molar-refractivity contribution in [3.63, 3.8) is 0 Å². The van der Waals surface area contributed by atoms with Crippen LogP contribution in [0.5, 0.6) is 0 Å². The number of carbonyl (C=O) groups excluding carboxylic acids is 1. The van der Waals surface area contributed by atoms with Gasteiger partial charge >= 0.3 is 0 Å². The van der Waals surface area contributed by atoms with Crippen molar-refractivity contribution in [2.45, 2.75) is 51.8 Å². The highest BCUT2D eigenvalue weighted by molar-refractivity contribution is 5.78. The molecule has 0 spiro atoms. The highest BCUT2D eigenvalue weighted by Gasteiger charge is 2.32. The van der Waals surface area contributed by atoms with Crippen LogP contribution in [0.15, 0.2) is 0 Å². The fourth-order valence-corrected chi connectivity index (χ4v) is 2.60. The summed E-state index contributed by atoms with van der Waals surface area (Å²) in [7, 11) is 1.76. The maximum atomic E-state index is 11.5. The molecule has 1 saturated heterocycles. The summed E-state index contributed by atoms with van der Waals surface area (Å²) in [4.78, 5) is 13.9. The van der Waals surface area contributed by atoms with E-state index in [1.807, 2.05) is 6.92 Å². The number of methoxy groups -OCH3 is 1. The van der Waals surface area contributed by atoms with Crippen LogP contribution in [-0.4, -0.2) is 42.6 Å². The summed E-state index contributed by atoms with van der Waals surface area (Å²) in [6, 6.07) is 0.642. The Balaban J connectivity index is 2.58. The SMILES string of the molecule is COC1CCN(C(C)C(C)C(=O)NN)C(C)C1. The second kappa shape index (κ2) is 6.33. The number of nitrogens with two attached hydrogens (primary N) is 1. The Labute approximate surface area is 104 Å². The quantitative estimate of drug-likeness (QED) is 0.429. The van der Waals surface area contributed by atoms with Gasteiger partial charge in [0.2, 0.25) is 5.91 Å². The molecular weight excluding hydrogens is 218 g/mol. The Hall–Kier alpha value is -0.650. The number of rotatable bonds is 4. The summed E-state index contributed by atoms with van der Waals surface area (Å²) in [5, 5.41) is 0. The second-order valence-corrected chi connectivity index (χ2v) is 5.01. The van der Waals surface area contributed by atoms with Crippen LogP contribution >= 0.6 is 0 Å². The van der Waals surface area contributed by atoms with Gasteiger partial charge in [-0.15, -0.1) is 0 Å². The average molecular weight is 243 g/mol. The summed E-state index contributed by atoms with van der Waals surface area (Å²) in [6.07, 6.45) is 2.41. The molecule has 0 bridgehead atoms. The van der Waals surface area contributed by atoms with Crippen molar-refractivity contribution in [1.82, 2.24) is 10.3 Å². The minimum absolute atomic E-state index is 0.0958. The van der Waals surface area contributed by atoms with Gasteiger partial charge in [0, 0.05) is 25.7 Å². The van der Waals surface area contributed by atoms with Crippen LogP contribution < -0.4 is 11.3 Å². The van der Waals surface area contributed by atoms with Crippen molar-refractivity contribution in [2.75, 3.05) is 13.7 Å². The molecule has 0 aromatic carbocycles. The van der Waals surface area contributed by atoms with Gasteiger partial charge in [-0.2, -0.15) is 0 Å². The highest BCUT2D eigenvalue weighted by Crippen LogP contribution is 2.24. The predicted molar refractivity (Wildman–Crippen MR) is 67.2 cm³/mol. The lowest BCUT2D eigenvalue weighted by atomic mass is 9.93. The molecule has 4 atom stereocenters. The number of ether oxygens (including phenoxy) is 1. The minimum atomic E-state index is -0.0986. The lowest BCUT2D eigenvalue weighted by molar-refractivity contribution is -0.127. The second-order valence-electron chi connectivity index (χ2n) is 5.01. The number of carbonyl (C=O) groups is 1. The van der Waals surface area contributed by atoms with E-state index in [1.54, 1.807) is 7.11 Å². The van der Waals surface area contributed by atoms with Crippen LogP contribution in [0.1, 0.15) is 33.6 Å². The van der Waals surface area contributed by atoms with E-state index in [9.17, 15) is 4.79 Å². The summed E-state index contributed by atoms with van der Waals surface area (Å²) in [5.41, 5.74) is 2.23. The van der Waals surface area contributed by atoms with Gasteiger partial charge in [-0.1, -0.05) is 6.92 Å². The molecular formula is C12H25N3O2. The van der Waals surface area contributed by atoms with Crippen LogP contribution in [0.25, 0.3) is 0 Å². The fourth-order valence-electron chi connectivity index (χ4n) is 2.60. The smallest absolute Gasteiger partial charge is 0.238 e. The normalized spacial score (nSPS) is 29.7. The van der Waals surface area contributed by atoms with Crippen LogP contribution in [0.3, 0.4) is 0 Å². The van der Waals surface area contributed by atoms with Gasteiger partial charge in [-0.3, -0.25) is 15.1 Å². The summed E-state index contributed by atoms with van der Waals surface area (Å²) < 4.78 is 5.39. The van der Waals surface area contributed by atoms with Gasteiger partial charge in [0.25, 0.3) is 0 Å². The Morgan fingerprint density at radius 2 is 2.18 bits per heavy atom. The molecule has 100 valence electrons. The van der Waals surface area contributed by atoms with E-state index in [-0.39, 0.29) is 17.9 Å². The molecule has 0 aromatic heterocycles. The number of nitrogens with zero attached hydrogens (tertiary/aromatic N) is 1. The molecule has 0 aliphatic carbocycles. The summed E-state index contributed by atoms with van der Waals surface area (Å²) in [6.45, 7) is 7.17. The third-order valence-electron chi connectivity index (χ3n) is 4.02. The zero-order chi connectivity index (χ0) is 13.0.